The number of hydrogen-bond donors (Lipinski definition) is 1. The molecule has 1 aliphatic rings. The molecule has 1 saturated heterocycles. The summed E-state index contributed by atoms with van der Waals surface area (Å²) in [5.74, 6) is 1.10. The van der Waals surface area contributed by atoms with Gasteiger partial charge in [0.05, 0.1) is 12.2 Å². The fraction of sp³-hybridized carbons (Fsp3) is 0.688. The lowest BCUT2D eigenvalue weighted by molar-refractivity contribution is -0.129. The topological polar surface area (TPSA) is 69.0 Å². The summed E-state index contributed by atoms with van der Waals surface area (Å²) < 4.78 is 1.86. The van der Waals surface area contributed by atoms with Crippen molar-refractivity contribution in [3.63, 3.8) is 0 Å². The van der Waals surface area contributed by atoms with Gasteiger partial charge in [0, 0.05) is 73.5 Å². The zero-order valence-electron chi connectivity index (χ0n) is 15.6. The number of aromatic nitrogens is 2. The SMILES string of the molecule is CN=C(NCc1ccnn1C)N1CCN(CCC(=O)N(C)C)CC1.I. The third-order valence-corrected chi connectivity index (χ3v) is 4.37. The number of rotatable bonds is 5. The molecule has 0 bridgehead atoms. The Hall–Kier alpha value is -1.36. The van der Waals surface area contributed by atoms with Crippen LogP contribution < -0.4 is 5.32 Å². The third kappa shape index (κ3) is 6.46. The Kier molecular flexibility index (Phi) is 9.19. The fourth-order valence-corrected chi connectivity index (χ4v) is 2.74. The summed E-state index contributed by atoms with van der Waals surface area (Å²) >= 11 is 0. The first-order chi connectivity index (χ1) is 11.5. The summed E-state index contributed by atoms with van der Waals surface area (Å²) in [7, 11) is 7.36. The minimum Gasteiger partial charge on any atom is -0.351 e. The van der Waals surface area contributed by atoms with Gasteiger partial charge in [-0.25, -0.2) is 0 Å². The fourth-order valence-electron chi connectivity index (χ4n) is 2.74. The van der Waals surface area contributed by atoms with Crippen LogP contribution in [-0.2, 0) is 18.4 Å². The van der Waals surface area contributed by atoms with Crippen LogP contribution in [0.3, 0.4) is 0 Å². The predicted molar refractivity (Wildman–Crippen MR) is 110 cm³/mol. The van der Waals surface area contributed by atoms with Crippen molar-refractivity contribution in [3.05, 3.63) is 18.0 Å². The van der Waals surface area contributed by atoms with E-state index in [1.807, 2.05) is 24.8 Å². The van der Waals surface area contributed by atoms with Crippen molar-refractivity contribution in [3.8, 4) is 0 Å². The first kappa shape index (κ1) is 21.7. The number of amides is 1. The molecule has 0 aromatic carbocycles. The lowest BCUT2D eigenvalue weighted by Gasteiger charge is -2.36. The Morgan fingerprint density at radius 3 is 2.52 bits per heavy atom. The molecule has 142 valence electrons. The average molecular weight is 463 g/mol. The number of halogens is 1. The molecule has 25 heavy (non-hydrogen) atoms. The highest BCUT2D eigenvalue weighted by molar-refractivity contribution is 14.0. The first-order valence-electron chi connectivity index (χ1n) is 8.36. The van der Waals surface area contributed by atoms with Crippen molar-refractivity contribution in [2.75, 3.05) is 53.9 Å². The summed E-state index contributed by atoms with van der Waals surface area (Å²) in [4.78, 5) is 22.3. The number of aryl methyl sites for hydroxylation is 1. The second-order valence-corrected chi connectivity index (χ2v) is 6.21. The van der Waals surface area contributed by atoms with Crippen LogP contribution in [0.1, 0.15) is 12.1 Å². The molecule has 2 heterocycles. The van der Waals surface area contributed by atoms with Crippen LogP contribution in [0, 0.1) is 0 Å². The van der Waals surface area contributed by atoms with Gasteiger partial charge in [-0.05, 0) is 6.07 Å². The van der Waals surface area contributed by atoms with Crippen LogP contribution in [0.5, 0.6) is 0 Å². The highest BCUT2D eigenvalue weighted by Crippen LogP contribution is 2.04. The Morgan fingerprint density at radius 2 is 2.00 bits per heavy atom. The van der Waals surface area contributed by atoms with E-state index in [2.05, 4.69) is 25.2 Å². The summed E-state index contributed by atoms with van der Waals surface area (Å²) in [5, 5.41) is 7.57. The van der Waals surface area contributed by atoms with Gasteiger partial charge in [-0.2, -0.15) is 5.10 Å². The molecule has 0 saturated carbocycles. The van der Waals surface area contributed by atoms with Crippen LogP contribution in [0.2, 0.25) is 0 Å². The highest BCUT2D eigenvalue weighted by Gasteiger charge is 2.20. The molecular weight excluding hydrogens is 433 g/mol. The van der Waals surface area contributed by atoms with E-state index in [0.29, 0.717) is 13.0 Å². The molecule has 0 unspecified atom stereocenters. The van der Waals surface area contributed by atoms with E-state index in [1.165, 1.54) is 0 Å². The van der Waals surface area contributed by atoms with Gasteiger partial charge in [0.25, 0.3) is 0 Å². The zero-order valence-corrected chi connectivity index (χ0v) is 17.9. The smallest absolute Gasteiger partial charge is 0.223 e. The molecule has 2 rings (SSSR count). The number of carbonyl (C=O) groups is 1. The molecule has 9 heteroatoms. The van der Waals surface area contributed by atoms with Crippen molar-refractivity contribution in [2.24, 2.45) is 12.0 Å². The molecule has 1 aromatic rings. The molecule has 0 radical (unpaired) electrons. The van der Waals surface area contributed by atoms with Gasteiger partial charge in [-0.15, -0.1) is 24.0 Å². The minimum atomic E-state index is 0. The van der Waals surface area contributed by atoms with E-state index in [-0.39, 0.29) is 29.9 Å². The number of carbonyl (C=O) groups excluding carboxylic acids is 1. The third-order valence-electron chi connectivity index (χ3n) is 4.37. The minimum absolute atomic E-state index is 0. The number of nitrogens with one attached hydrogen (secondary N) is 1. The van der Waals surface area contributed by atoms with Gasteiger partial charge >= 0.3 is 0 Å². The van der Waals surface area contributed by atoms with E-state index in [1.54, 1.807) is 25.2 Å². The maximum Gasteiger partial charge on any atom is 0.223 e. The van der Waals surface area contributed by atoms with E-state index in [4.69, 9.17) is 0 Å². The number of piperazine rings is 1. The van der Waals surface area contributed by atoms with Gasteiger partial charge in [0.15, 0.2) is 5.96 Å². The average Bonchev–Trinajstić information content (AvgIpc) is 2.99. The Labute approximate surface area is 167 Å². The van der Waals surface area contributed by atoms with Crippen LogP contribution in [0.15, 0.2) is 17.3 Å². The normalized spacial score (nSPS) is 15.7. The molecule has 1 fully saturated rings. The highest BCUT2D eigenvalue weighted by atomic mass is 127. The van der Waals surface area contributed by atoms with Crippen LogP contribution in [0.4, 0.5) is 0 Å². The molecule has 1 aromatic heterocycles. The van der Waals surface area contributed by atoms with Crippen molar-refractivity contribution < 1.29 is 4.79 Å². The molecule has 0 atom stereocenters. The Bertz CT molecular complexity index is 565. The molecule has 8 nitrogen and oxygen atoms in total. The molecule has 1 aliphatic heterocycles. The zero-order chi connectivity index (χ0) is 17.5. The van der Waals surface area contributed by atoms with E-state index in [9.17, 15) is 4.79 Å². The van der Waals surface area contributed by atoms with Crippen molar-refractivity contribution in [1.82, 2.24) is 29.8 Å². The van der Waals surface area contributed by atoms with Gasteiger partial charge in [0.1, 0.15) is 0 Å². The monoisotopic (exact) mass is 463 g/mol. The summed E-state index contributed by atoms with van der Waals surface area (Å²) in [6.45, 7) is 5.27. The predicted octanol–water partition coefficient (Wildman–Crippen LogP) is 0.209. The molecule has 0 spiro atoms. The van der Waals surface area contributed by atoms with Crippen LogP contribution >= 0.6 is 24.0 Å². The Balaban J connectivity index is 0.00000312. The van der Waals surface area contributed by atoms with Gasteiger partial charge < -0.3 is 15.1 Å². The largest absolute Gasteiger partial charge is 0.351 e. The van der Waals surface area contributed by atoms with Gasteiger partial charge in [-0.3, -0.25) is 19.4 Å². The summed E-state index contributed by atoms with van der Waals surface area (Å²) in [5.41, 5.74) is 1.12. The second-order valence-electron chi connectivity index (χ2n) is 6.21. The standard InChI is InChI=1S/C16H29N7O.HI/c1-17-16(18-13-14-5-7-19-21(14)4)23-11-9-22(10-12-23)8-6-15(24)20(2)3;/h5,7H,6,8-13H2,1-4H3,(H,17,18);1H. The van der Waals surface area contributed by atoms with Crippen molar-refractivity contribution >= 4 is 35.8 Å². The maximum atomic E-state index is 11.7. The van der Waals surface area contributed by atoms with Crippen LogP contribution in [0.25, 0.3) is 0 Å². The number of guanidine groups is 1. The molecule has 0 aliphatic carbocycles. The number of aliphatic imine (C=N–C) groups is 1. The summed E-state index contributed by atoms with van der Waals surface area (Å²) in [6.07, 6.45) is 2.38. The molecular formula is C16H30IN7O. The van der Waals surface area contributed by atoms with E-state index < -0.39 is 0 Å². The van der Waals surface area contributed by atoms with E-state index in [0.717, 1.165) is 44.4 Å². The van der Waals surface area contributed by atoms with Crippen molar-refractivity contribution in [2.45, 2.75) is 13.0 Å². The molecule has 1 amide bonds. The van der Waals surface area contributed by atoms with Crippen molar-refractivity contribution in [1.29, 1.82) is 0 Å². The van der Waals surface area contributed by atoms with Gasteiger partial charge in [-0.1, -0.05) is 0 Å². The number of hydrogen-bond acceptors (Lipinski definition) is 4. The quantitative estimate of drug-likeness (QED) is 0.384. The Morgan fingerprint density at radius 1 is 1.32 bits per heavy atom. The molecule has 1 N–H and O–H groups in total. The van der Waals surface area contributed by atoms with E-state index >= 15 is 0 Å². The first-order valence-corrected chi connectivity index (χ1v) is 8.36. The number of nitrogens with zero attached hydrogens (tertiary/aromatic N) is 6. The van der Waals surface area contributed by atoms with Crippen LogP contribution in [-0.4, -0.2) is 90.2 Å². The summed E-state index contributed by atoms with van der Waals surface area (Å²) in [6, 6.07) is 2.00. The second kappa shape index (κ2) is 10.6. The lowest BCUT2D eigenvalue weighted by Crippen LogP contribution is -2.52. The van der Waals surface area contributed by atoms with Gasteiger partial charge in [0.2, 0.25) is 5.91 Å². The lowest BCUT2D eigenvalue weighted by atomic mass is 10.3. The maximum absolute atomic E-state index is 11.7.